The molecule has 5 rings (SSSR count). The minimum Gasteiger partial charge on any atom is -0.487 e. The Morgan fingerprint density at radius 3 is 1.91 bits per heavy atom. The molecule has 1 aliphatic carbocycles. The number of carbonyl (C=O) groups excluding carboxylic acids is 3. The van der Waals surface area contributed by atoms with E-state index in [0.29, 0.717) is 81.0 Å². The Kier molecular flexibility index (Phi) is 10.6. The van der Waals surface area contributed by atoms with E-state index in [-0.39, 0.29) is 31.5 Å². The fourth-order valence-electron chi connectivity index (χ4n) is 7.26. The monoisotopic (exact) mass is 653 g/mol. The Morgan fingerprint density at radius 2 is 1.34 bits per heavy atom. The second-order valence-electron chi connectivity index (χ2n) is 13.5. The number of aryl methyl sites for hydroxylation is 1. The number of fused-ring (bicyclic) bond motifs is 3. The van der Waals surface area contributed by atoms with E-state index in [1.165, 1.54) is 17.0 Å². The first-order valence-electron chi connectivity index (χ1n) is 16.0. The predicted octanol–water partition coefficient (Wildman–Crippen LogP) is 2.32. The molecule has 1 saturated heterocycles. The molecule has 47 heavy (non-hydrogen) atoms. The van der Waals surface area contributed by atoms with Crippen LogP contribution >= 0.6 is 0 Å². The fraction of sp³-hybridized carbons (Fsp3) is 0.559. The molecule has 2 aliphatic heterocycles. The second-order valence-corrected chi connectivity index (χ2v) is 13.5. The van der Waals surface area contributed by atoms with Crippen LogP contribution in [0.25, 0.3) is 0 Å². The van der Waals surface area contributed by atoms with Gasteiger partial charge in [0.1, 0.15) is 19.8 Å². The van der Waals surface area contributed by atoms with Crippen molar-refractivity contribution in [2.24, 2.45) is 16.2 Å². The van der Waals surface area contributed by atoms with Gasteiger partial charge in [0, 0.05) is 10.8 Å². The first kappa shape index (κ1) is 34.8. The molecule has 2 fully saturated rings. The van der Waals surface area contributed by atoms with Crippen molar-refractivity contribution in [3.8, 4) is 11.5 Å². The van der Waals surface area contributed by atoms with Gasteiger partial charge in [0.05, 0.1) is 50.7 Å². The zero-order chi connectivity index (χ0) is 33.8. The van der Waals surface area contributed by atoms with Crippen LogP contribution < -0.4 is 19.8 Å². The summed E-state index contributed by atoms with van der Waals surface area (Å²) in [6.07, 6.45) is 0.668. The van der Waals surface area contributed by atoms with Crippen molar-refractivity contribution >= 4 is 36.1 Å². The quantitative estimate of drug-likeness (QED) is 0.278. The summed E-state index contributed by atoms with van der Waals surface area (Å²) in [5.41, 5.74) is -1.37. The molecule has 2 aromatic carbocycles. The number of nitrogens with zero attached hydrogens (tertiary/aromatic N) is 1. The first-order valence-corrected chi connectivity index (χ1v) is 16.0. The summed E-state index contributed by atoms with van der Waals surface area (Å²) in [6, 6.07) is 9.96. The summed E-state index contributed by atoms with van der Waals surface area (Å²) in [5.74, 6) is -0.333. The van der Waals surface area contributed by atoms with Gasteiger partial charge in [-0.15, -0.1) is 0 Å². The Morgan fingerprint density at radius 1 is 0.787 bits per heavy atom. The van der Waals surface area contributed by atoms with Gasteiger partial charge in [-0.3, -0.25) is 14.4 Å². The van der Waals surface area contributed by atoms with Crippen molar-refractivity contribution in [3.63, 3.8) is 0 Å². The highest BCUT2D eigenvalue weighted by atomic mass is 16.6. The molecule has 2 heterocycles. The number of anilines is 1. The van der Waals surface area contributed by atoms with E-state index in [2.05, 4.69) is 0 Å². The number of carbonyl (C=O) groups is 3. The Bertz CT molecular complexity index is 1450. The van der Waals surface area contributed by atoms with Crippen LogP contribution in [0.1, 0.15) is 51.2 Å². The molecule has 1 saturated carbocycles. The molecular weight excluding hydrogens is 609 g/mol. The number of hydrogen-bond donors (Lipinski definition) is 2. The number of rotatable bonds is 5. The smallest absolute Gasteiger partial charge is 0.487 e. The van der Waals surface area contributed by atoms with E-state index in [4.69, 9.17) is 28.4 Å². The number of imide groups is 1. The van der Waals surface area contributed by atoms with E-state index in [1.54, 1.807) is 52.0 Å². The summed E-state index contributed by atoms with van der Waals surface area (Å²) in [4.78, 5) is 43.0. The lowest BCUT2D eigenvalue weighted by molar-refractivity contribution is -0.173. The minimum atomic E-state index is -1.75. The van der Waals surface area contributed by atoms with Crippen molar-refractivity contribution < 1.29 is 52.9 Å². The van der Waals surface area contributed by atoms with E-state index in [0.717, 1.165) is 0 Å². The molecule has 254 valence electrons. The largest absolute Gasteiger partial charge is 0.488 e. The molecular formula is C34H44BNO11. The summed E-state index contributed by atoms with van der Waals surface area (Å²) in [7, 11) is -1.75. The van der Waals surface area contributed by atoms with Crippen LogP contribution in [0.2, 0.25) is 0 Å². The maximum Gasteiger partial charge on any atom is 0.488 e. The third-order valence-electron chi connectivity index (χ3n) is 9.14. The van der Waals surface area contributed by atoms with Crippen molar-refractivity contribution in [2.75, 3.05) is 57.8 Å². The molecule has 0 aromatic heterocycles. The van der Waals surface area contributed by atoms with Crippen LogP contribution in [0.4, 0.5) is 5.69 Å². The molecule has 2 aromatic rings. The molecule has 12 nitrogen and oxygen atoms in total. The standard InChI is InChI=1S/C34H44BNO11/c1-23-5-7-25(35(40)41)18-26(23)36-29(37)32(2)20-33(3,30(36)38)22-34(4,21-32)31(39)47-19-24-6-8-27-28(17-24)46-16-14-44-12-10-42-9-11-43-13-15-45-27/h5-8,17-18,40-41H,9-16,19-22H2,1-4H3/t32-,33+,34?. The molecule has 13 heteroatoms. The van der Waals surface area contributed by atoms with Gasteiger partial charge in [0.25, 0.3) is 0 Å². The highest BCUT2D eigenvalue weighted by Gasteiger charge is 2.64. The van der Waals surface area contributed by atoms with Crippen molar-refractivity contribution in [3.05, 3.63) is 47.5 Å². The minimum absolute atomic E-state index is 0.0427. The van der Waals surface area contributed by atoms with Crippen LogP contribution in [0.15, 0.2) is 36.4 Å². The topological polar surface area (TPSA) is 150 Å². The average Bonchev–Trinajstić information content (AvgIpc) is 3.03. The highest BCUT2D eigenvalue weighted by molar-refractivity contribution is 6.58. The predicted molar refractivity (Wildman–Crippen MR) is 171 cm³/mol. The lowest BCUT2D eigenvalue weighted by Gasteiger charge is -2.55. The summed E-state index contributed by atoms with van der Waals surface area (Å²) < 4.78 is 34.2. The lowest BCUT2D eigenvalue weighted by atomic mass is 9.51. The van der Waals surface area contributed by atoms with E-state index in [9.17, 15) is 24.4 Å². The number of amides is 2. The van der Waals surface area contributed by atoms with E-state index < -0.39 is 41.1 Å². The normalized spacial score (nSPS) is 27.4. The maximum atomic E-state index is 14.0. The summed E-state index contributed by atoms with van der Waals surface area (Å²) >= 11 is 0. The third kappa shape index (κ3) is 7.65. The van der Waals surface area contributed by atoms with E-state index >= 15 is 0 Å². The van der Waals surface area contributed by atoms with Gasteiger partial charge in [-0.25, -0.2) is 4.90 Å². The lowest BCUT2D eigenvalue weighted by Crippen LogP contribution is -2.64. The molecule has 1 unspecified atom stereocenters. The second kappa shape index (κ2) is 14.3. The number of benzene rings is 2. The van der Waals surface area contributed by atoms with Crippen LogP contribution in [0, 0.1) is 23.2 Å². The summed E-state index contributed by atoms with van der Waals surface area (Å²) in [5, 5.41) is 19.5. The fourth-order valence-corrected chi connectivity index (χ4v) is 7.26. The summed E-state index contributed by atoms with van der Waals surface area (Å²) in [6.45, 7) is 10.2. The van der Waals surface area contributed by atoms with Crippen LogP contribution in [0.5, 0.6) is 11.5 Å². The number of piperidine rings is 1. The first-order chi connectivity index (χ1) is 22.4. The molecule has 0 radical (unpaired) electrons. The number of esters is 1. The third-order valence-corrected chi connectivity index (χ3v) is 9.14. The van der Waals surface area contributed by atoms with Gasteiger partial charge in [0.15, 0.2) is 11.5 Å². The van der Waals surface area contributed by atoms with Crippen LogP contribution in [-0.4, -0.2) is 87.8 Å². The van der Waals surface area contributed by atoms with Gasteiger partial charge in [-0.1, -0.05) is 32.0 Å². The Balaban J connectivity index is 1.30. The Hall–Kier alpha value is -3.49. The average molecular weight is 654 g/mol. The van der Waals surface area contributed by atoms with Crippen molar-refractivity contribution in [1.82, 2.24) is 0 Å². The SMILES string of the molecule is Cc1ccc(B(O)O)cc1N1C(=O)[C@@]2(C)CC(C)(C(=O)OCc3ccc4c(c3)OCCOCCOCCOCCO4)C[C@](C)(C2)C1=O. The van der Waals surface area contributed by atoms with Gasteiger partial charge < -0.3 is 38.5 Å². The van der Waals surface area contributed by atoms with Gasteiger partial charge >= 0.3 is 13.1 Å². The van der Waals surface area contributed by atoms with Gasteiger partial charge in [-0.2, -0.15) is 0 Å². The van der Waals surface area contributed by atoms with Crippen molar-refractivity contribution in [1.29, 1.82) is 0 Å². The number of hydrogen-bond acceptors (Lipinski definition) is 11. The molecule has 3 atom stereocenters. The number of ether oxygens (including phenoxy) is 6. The molecule has 0 spiro atoms. The van der Waals surface area contributed by atoms with Crippen LogP contribution in [-0.2, 0) is 39.9 Å². The molecule has 2 amide bonds. The molecule has 3 aliphatic rings. The Labute approximate surface area is 275 Å². The van der Waals surface area contributed by atoms with Crippen LogP contribution in [0.3, 0.4) is 0 Å². The van der Waals surface area contributed by atoms with Gasteiger partial charge in [-0.05, 0) is 67.9 Å². The molecule has 2 N–H and O–H groups in total. The van der Waals surface area contributed by atoms with E-state index in [1.807, 2.05) is 0 Å². The van der Waals surface area contributed by atoms with Gasteiger partial charge in [0.2, 0.25) is 11.8 Å². The maximum absolute atomic E-state index is 14.0. The molecule has 2 bridgehead atoms. The highest BCUT2D eigenvalue weighted by Crippen LogP contribution is 2.59. The van der Waals surface area contributed by atoms with Crippen molar-refractivity contribution in [2.45, 2.75) is 53.6 Å². The zero-order valence-corrected chi connectivity index (χ0v) is 27.5. The zero-order valence-electron chi connectivity index (χ0n) is 27.5.